The molecular weight excluding hydrogens is 346 g/mol. The molecule has 2 aliphatic rings. The molecule has 6 N–H and O–H groups in total. The summed E-state index contributed by atoms with van der Waals surface area (Å²) in [7, 11) is -3.91. The summed E-state index contributed by atoms with van der Waals surface area (Å²) in [5.41, 5.74) is 13.2. The van der Waals surface area contributed by atoms with E-state index in [4.69, 9.17) is 14.6 Å². The molecular formula is C15H17N5O4S. The Balaban J connectivity index is 1.89. The summed E-state index contributed by atoms with van der Waals surface area (Å²) in [6.45, 7) is 0.978. The van der Waals surface area contributed by atoms with Gasteiger partial charge in [-0.2, -0.15) is 11.1 Å². The number of fused-ring (bicyclic) bond motifs is 1. The van der Waals surface area contributed by atoms with Crippen LogP contribution in [0.25, 0.3) is 11.1 Å². The molecule has 1 fully saturated rings. The van der Waals surface area contributed by atoms with Crippen molar-refractivity contribution in [3.63, 3.8) is 0 Å². The van der Waals surface area contributed by atoms with Gasteiger partial charge in [-0.05, 0) is 29.3 Å². The van der Waals surface area contributed by atoms with E-state index in [9.17, 15) is 8.42 Å². The Morgan fingerprint density at radius 1 is 1.00 bits per heavy atom. The fourth-order valence-corrected chi connectivity index (χ4v) is 3.75. The minimum absolute atomic E-state index is 0.0374. The van der Waals surface area contributed by atoms with Crippen molar-refractivity contribution >= 4 is 10.0 Å². The van der Waals surface area contributed by atoms with Crippen LogP contribution in [0.5, 0.6) is 11.5 Å². The van der Waals surface area contributed by atoms with Crippen LogP contribution in [0, 0.1) is 0 Å². The quantitative estimate of drug-likeness (QED) is 0.511. The van der Waals surface area contributed by atoms with Crippen molar-refractivity contribution in [3.8, 4) is 22.6 Å². The Kier molecular flexibility index (Phi) is 4.07. The fourth-order valence-electron chi connectivity index (χ4n) is 2.95. The molecule has 1 saturated heterocycles. The molecule has 9 nitrogen and oxygen atoms in total. The van der Waals surface area contributed by atoms with E-state index >= 15 is 0 Å². The Hall–Kier alpha value is -2.21. The molecule has 10 heteroatoms. The predicted molar refractivity (Wildman–Crippen MR) is 89.5 cm³/mol. The van der Waals surface area contributed by atoms with Crippen LogP contribution < -0.4 is 36.5 Å². The molecule has 0 radical (unpaired) electrons. The maximum atomic E-state index is 12.1. The van der Waals surface area contributed by atoms with Crippen LogP contribution >= 0.6 is 0 Å². The molecule has 0 bridgehead atoms. The van der Waals surface area contributed by atoms with E-state index in [1.807, 2.05) is 24.3 Å². The first-order chi connectivity index (χ1) is 12.0. The lowest BCUT2D eigenvalue weighted by atomic mass is 9.97. The van der Waals surface area contributed by atoms with E-state index in [1.165, 1.54) is 6.07 Å². The van der Waals surface area contributed by atoms with Gasteiger partial charge in [0.1, 0.15) is 19.4 Å². The summed E-state index contributed by atoms with van der Waals surface area (Å²) < 4.78 is 35.3. The summed E-state index contributed by atoms with van der Waals surface area (Å²) in [6, 6.07) is 10.5. The van der Waals surface area contributed by atoms with E-state index in [0.717, 1.165) is 5.56 Å². The summed E-state index contributed by atoms with van der Waals surface area (Å²) >= 11 is 0. The van der Waals surface area contributed by atoms with E-state index in [1.54, 1.807) is 6.07 Å². The van der Waals surface area contributed by atoms with Gasteiger partial charge in [-0.1, -0.05) is 18.2 Å². The Morgan fingerprint density at radius 2 is 1.72 bits per heavy atom. The number of nitrogens with one attached hydrogen (secondary N) is 4. The number of primary sulfonamides is 1. The summed E-state index contributed by atoms with van der Waals surface area (Å²) in [6.07, 6.45) is -0.502. The minimum Gasteiger partial charge on any atom is -0.486 e. The number of nitrogens with two attached hydrogens (primary N) is 1. The smallest absolute Gasteiger partial charge is 0.238 e. The average Bonchev–Trinajstić information content (AvgIpc) is 3.14. The van der Waals surface area contributed by atoms with Gasteiger partial charge in [0.2, 0.25) is 10.0 Å². The monoisotopic (exact) mass is 363 g/mol. The van der Waals surface area contributed by atoms with Gasteiger partial charge in [0.05, 0.1) is 4.90 Å². The number of rotatable bonds is 3. The lowest BCUT2D eigenvalue weighted by Crippen LogP contribution is -2.33. The maximum absolute atomic E-state index is 12.1. The van der Waals surface area contributed by atoms with Gasteiger partial charge < -0.3 is 9.47 Å². The van der Waals surface area contributed by atoms with Crippen molar-refractivity contribution in [1.29, 1.82) is 0 Å². The van der Waals surface area contributed by atoms with Crippen molar-refractivity contribution in [2.45, 2.75) is 11.1 Å². The number of sulfonamides is 1. The summed E-state index contributed by atoms with van der Waals surface area (Å²) in [5.74, 6) is 1.29. The summed E-state index contributed by atoms with van der Waals surface area (Å²) in [4.78, 5) is 0.0374. The highest BCUT2D eigenvalue weighted by Crippen LogP contribution is 2.38. The van der Waals surface area contributed by atoms with Crippen LogP contribution in [-0.4, -0.2) is 21.6 Å². The zero-order valence-electron chi connectivity index (χ0n) is 13.1. The first kappa shape index (κ1) is 16.3. The predicted octanol–water partition coefficient (Wildman–Crippen LogP) is -0.112. The van der Waals surface area contributed by atoms with Crippen LogP contribution in [-0.2, 0) is 10.0 Å². The Bertz CT molecular complexity index is 912. The van der Waals surface area contributed by atoms with Crippen molar-refractivity contribution in [2.75, 3.05) is 13.2 Å². The molecule has 2 aliphatic heterocycles. The van der Waals surface area contributed by atoms with Crippen molar-refractivity contribution < 1.29 is 17.9 Å². The largest absolute Gasteiger partial charge is 0.486 e. The standard InChI is InChI=1S/C15H17N5O4S/c16-25(21,22)13-3-1-2-10(14(13)15-17-19-20-18-15)9-4-5-11-12(8-9)24-7-6-23-11/h1-5,8,15,17-20H,6-7H2,(H2,16,21,22). The first-order valence-electron chi connectivity index (χ1n) is 7.61. The molecule has 25 heavy (non-hydrogen) atoms. The number of ether oxygens (including phenoxy) is 2. The van der Waals surface area contributed by atoms with Crippen molar-refractivity contribution in [2.24, 2.45) is 5.14 Å². The zero-order chi connectivity index (χ0) is 17.4. The van der Waals surface area contributed by atoms with Gasteiger partial charge in [0.15, 0.2) is 11.5 Å². The van der Waals surface area contributed by atoms with Crippen LogP contribution in [0.15, 0.2) is 41.3 Å². The molecule has 132 valence electrons. The topological polar surface area (TPSA) is 127 Å². The lowest BCUT2D eigenvalue weighted by molar-refractivity contribution is 0.171. The van der Waals surface area contributed by atoms with E-state index < -0.39 is 16.2 Å². The fraction of sp³-hybridized carbons (Fsp3) is 0.200. The second-order valence-corrected chi connectivity index (χ2v) is 7.12. The third-order valence-corrected chi connectivity index (χ3v) is 4.98. The maximum Gasteiger partial charge on any atom is 0.238 e. The third kappa shape index (κ3) is 3.06. The highest BCUT2D eigenvalue weighted by molar-refractivity contribution is 7.89. The van der Waals surface area contributed by atoms with Crippen LogP contribution in [0.2, 0.25) is 0 Å². The number of hydrazine groups is 3. The third-order valence-electron chi connectivity index (χ3n) is 4.01. The van der Waals surface area contributed by atoms with Crippen molar-refractivity contribution in [1.82, 2.24) is 21.9 Å². The van der Waals surface area contributed by atoms with Gasteiger partial charge in [-0.15, -0.1) is 0 Å². The molecule has 0 saturated carbocycles. The highest BCUT2D eigenvalue weighted by Gasteiger charge is 2.27. The second-order valence-electron chi connectivity index (χ2n) is 5.59. The molecule has 0 unspecified atom stereocenters. The number of hydrogen-bond acceptors (Lipinski definition) is 8. The van der Waals surface area contributed by atoms with E-state index in [2.05, 4.69) is 21.9 Å². The molecule has 0 aliphatic carbocycles. The minimum atomic E-state index is -3.91. The molecule has 4 rings (SSSR count). The zero-order valence-corrected chi connectivity index (χ0v) is 13.9. The van der Waals surface area contributed by atoms with Crippen LogP contribution in [0.1, 0.15) is 11.7 Å². The van der Waals surface area contributed by atoms with Crippen LogP contribution in [0.4, 0.5) is 0 Å². The SMILES string of the molecule is NS(=O)(=O)c1cccc(-c2ccc3c(c2)OCCO3)c1C1NNNN1. The molecule has 2 aromatic carbocycles. The average molecular weight is 363 g/mol. The Morgan fingerprint density at radius 3 is 2.44 bits per heavy atom. The summed E-state index contributed by atoms with van der Waals surface area (Å²) in [5, 5.41) is 5.41. The van der Waals surface area contributed by atoms with Gasteiger partial charge >= 0.3 is 0 Å². The molecule has 2 heterocycles. The Labute approximate surface area is 144 Å². The van der Waals surface area contributed by atoms with Gasteiger partial charge in [-0.25, -0.2) is 24.4 Å². The van der Waals surface area contributed by atoms with Gasteiger partial charge in [-0.3, -0.25) is 0 Å². The molecule has 0 spiro atoms. The number of benzene rings is 2. The van der Waals surface area contributed by atoms with E-state index in [-0.39, 0.29) is 4.90 Å². The lowest BCUT2D eigenvalue weighted by Gasteiger charge is -2.21. The highest BCUT2D eigenvalue weighted by atomic mass is 32.2. The molecule has 0 amide bonds. The second kappa shape index (κ2) is 6.26. The normalized spacial score (nSPS) is 17.6. The molecule has 0 atom stereocenters. The van der Waals surface area contributed by atoms with Crippen molar-refractivity contribution in [3.05, 3.63) is 42.0 Å². The molecule has 0 aromatic heterocycles. The molecule has 2 aromatic rings. The van der Waals surface area contributed by atoms with E-state index in [0.29, 0.717) is 35.8 Å². The van der Waals surface area contributed by atoms with Gasteiger partial charge in [0.25, 0.3) is 0 Å². The van der Waals surface area contributed by atoms with Gasteiger partial charge in [0, 0.05) is 5.56 Å². The first-order valence-corrected chi connectivity index (χ1v) is 9.15. The van der Waals surface area contributed by atoms with Crippen LogP contribution in [0.3, 0.4) is 0 Å². The number of hydrogen-bond donors (Lipinski definition) is 5.